The number of aryl methyl sites for hydroxylation is 1. The largest absolute Gasteiger partial charge is 0.496 e. The van der Waals surface area contributed by atoms with Crippen molar-refractivity contribution in [3.8, 4) is 5.75 Å². The van der Waals surface area contributed by atoms with Crippen molar-refractivity contribution in [3.63, 3.8) is 0 Å². The van der Waals surface area contributed by atoms with Crippen molar-refractivity contribution in [1.29, 1.82) is 0 Å². The van der Waals surface area contributed by atoms with Crippen LogP contribution in [0.3, 0.4) is 0 Å². The molecule has 2 aliphatic heterocycles. The molecule has 0 radical (unpaired) electrons. The maximum absolute atomic E-state index is 12.7. The third-order valence-electron chi connectivity index (χ3n) is 5.15. The molecule has 3 rings (SSSR count). The summed E-state index contributed by atoms with van der Waals surface area (Å²) < 4.78 is 5.33. The minimum Gasteiger partial charge on any atom is -0.496 e. The third kappa shape index (κ3) is 3.12. The number of hydrogen-bond acceptors (Lipinski definition) is 3. The van der Waals surface area contributed by atoms with Crippen molar-refractivity contribution in [2.24, 2.45) is 5.92 Å². The summed E-state index contributed by atoms with van der Waals surface area (Å²) in [4.78, 5) is 14.7. The number of carbonyl (C=O) groups is 1. The molecular weight excluding hydrogens is 276 g/mol. The van der Waals surface area contributed by atoms with E-state index >= 15 is 0 Å². The average Bonchev–Trinajstić information content (AvgIpc) is 3.09. The molecule has 0 spiro atoms. The van der Waals surface area contributed by atoms with E-state index in [1.165, 1.54) is 12.8 Å². The quantitative estimate of drug-likeness (QED) is 0.933. The number of methoxy groups -OCH3 is 1. The zero-order valence-corrected chi connectivity index (χ0v) is 13.6. The van der Waals surface area contributed by atoms with E-state index in [1.54, 1.807) is 7.11 Å². The SMILES string of the molecule is COc1cc(C(=O)N2CCC(C3CCCN3)CC2)ccc1C. The Labute approximate surface area is 132 Å². The van der Waals surface area contributed by atoms with Crippen molar-refractivity contribution in [3.05, 3.63) is 29.3 Å². The second-order valence-electron chi connectivity index (χ2n) is 6.52. The van der Waals surface area contributed by atoms with Crippen molar-refractivity contribution < 1.29 is 9.53 Å². The highest BCUT2D eigenvalue weighted by Crippen LogP contribution is 2.27. The fourth-order valence-corrected chi connectivity index (χ4v) is 3.75. The van der Waals surface area contributed by atoms with Crippen LogP contribution in [0.15, 0.2) is 18.2 Å². The van der Waals surface area contributed by atoms with E-state index in [2.05, 4.69) is 5.32 Å². The topological polar surface area (TPSA) is 41.6 Å². The van der Waals surface area contributed by atoms with Crippen molar-refractivity contribution >= 4 is 5.91 Å². The fraction of sp³-hybridized carbons (Fsp3) is 0.611. The number of piperidine rings is 1. The lowest BCUT2D eigenvalue weighted by atomic mass is 9.88. The number of nitrogens with zero attached hydrogens (tertiary/aromatic N) is 1. The summed E-state index contributed by atoms with van der Waals surface area (Å²) >= 11 is 0. The summed E-state index contributed by atoms with van der Waals surface area (Å²) in [7, 11) is 1.65. The minimum absolute atomic E-state index is 0.135. The average molecular weight is 302 g/mol. The Morgan fingerprint density at radius 2 is 2.05 bits per heavy atom. The Morgan fingerprint density at radius 1 is 1.27 bits per heavy atom. The van der Waals surface area contributed by atoms with Crippen molar-refractivity contribution in [2.45, 2.75) is 38.6 Å². The molecule has 1 amide bonds. The first-order chi connectivity index (χ1) is 10.7. The maximum Gasteiger partial charge on any atom is 0.253 e. The van der Waals surface area contributed by atoms with E-state index in [-0.39, 0.29) is 5.91 Å². The Hall–Kier alpha value is -1.55. The molecule has 4 heteroatoms. The number of ether oxygens (including phenoxy) is 1. The molecule has 2 saturated heterocycles. The van der Waals surface area contributed by atoms with Crippen LogP contribution in [0.1, 0.15) is 41.6 Å². The monoisotopic (exact) mass is 302 g/mol. The lowest BCUT2D eigenvalue weighted by molar-refractivity contribution is 0.0674. The maximum atomic E-state index is 12.7. The number of amides is 1. The van der Waals surface area contributed by atoms with Crippen LogP contribution in [0.25, 0.3) is 0 Å². The summed E-state index contributed by atoms with van der Waals surface area (Å²) in [5.41, 5.74) is 1.80. The van der Waals surface area contributed by atoms with E-state index in [0.717, 1.165) is 55.3 Å². The smallest absolute Gasteiger partial charge is 0.253 e. The predicted molar refractivity (Wildman–Crippen MR) is 87.4 cm³/mol. The molecule has 0 saturated carbocycles. The molecule has 22 heavy (non-hydrogen) atoms. The number of likely N-dealkylation sites (tertiary alicyclic amines) is 1. The summed E-state index contributed by atoms with van der Waals surface area (Å²) in [6, 6.07) is 6.41. The Bertz CT molecular complexity index is 530. The van der Waals surface area contributed by atoms with Crippen molar-refractivity contribution in [1.82, 2.24) is 10.2 Å². The van der Waals surface area contributed by atoms with Crippen LogP contribution in [-0.2, 0) is 0 Å². The van der Waals surface area contributed by atoms with E-state index in [1.807, 2.05) is 30.0 Å². The normalized spacial score (nSPS) is 22.8. The van der Waals surface area contributed by atoms with Gasteiger partial charge in [-0.1, -0.05) is 6.07 Å². The number of rotatable bonds is 3. The molecule has 2 aliphatic rings. The number of benzene rings is 1. The highest BCUT2D eigenvalue weighted by Gasteiger charge is 2.30. The minimum atomic E-state index is 0.135. The predicted octanol–water partition coefficient (Wildman–Crippen LogP) is 2.61. The number of hydrogen-bond donors (Lipinski definition) is 1. The van der Waals surface area contributed by atoms with Crippen molar-refractivity contribution in [2.75, 3.05) is 26.7 Å². The molecule has 1 atom stereocenters. The molecule has 2 fully saturated rings. The molecule has 1 unspecified atom stereocenters. The molecule has 0 aliphatic carbocycles. The van der Waals surface area contributed by atoms with E-state index in [0.29, 0.717) is 6.04 Å². The standard InChI is InChI=1S/C18H26N2O2/c1-13-5-6-15(12-17(13)22-2)18(21)20-10-7-14(8-11-20)16-4-3-9-19-16/h5-6,12,14,16,19H,3-4,7-11H2,1-2H3. The van der Waals surface area contributed by atoms with Gasteiger partial charge in [0.05, 0.1) is 7.11 Å². The summed E-state index contributed by atoms with van der Waals surface area (Å²) in [5.74, 6) is 1.66. The zero-order valence-electron chi connectivity index (χ0n) is 13.6. The number of nitrogens with one attached hydrogen (secondary N) is 1. The zero-order chi connectivity index (χ0) is 15.5. The van der Waals surface area contributed by atoms with Crippen LogP contribution in [0.4, 0.5) is 0 Å². The van der Waals surface area contributed by atoms with E-state index in [9.17, 15) is 4.79 Å². The van der Waals surface area contributed by atoms with Gasteiger partial charge in [0, 0.05) is 24.7 Å². The van der Waals surface area contributed by atoms with Crippen LogP contribution in [0.5, 0.6) is 5.75 Å². The second-order valence-corrected chi connectivity index (χ2v) is 6.52. The second kappa shape index (κ2) is 6.69. The van der Waals surface area contributed by atoms with Gasteiger partial charge in [-0.2, -0.15) is 0 Å². The van der Waals surface area contributed by atoms with Gasteiger partial charge in [-0.25, -0.2) is 0 Å². The first kappa shape index (κ1) is 15.3. The van der Waals surface area contributed by atoms with Crippen LogP contribution in [0, 0.1) is 12.8 Å². The van der Waals surface area contributed by atoms with Gasteiger partial charge in [-0.05, 0) is 62.8 Å². The summed E-state index contributed by atoms with van der Waals surface area (Å²) in [6.07, 6.45) is 4.83. The Kier molecular flexibility index (Phi) is 4.67. The van der Waals surface area contributed by atoms with E-state index < -0.39 is 0 Å². The van der Waals surface area contributed by atoms with Gasteiger partial charge in [0.2, 0.25) is 0 Å². The van der Waals surface area contributed by atoms with Crippen LogP contribution in [-0.4, -0.2) is 43.6 Å². The van der Waals surface area contributed by atoms with Gasteiger partial charge in [-0.3, -0.25) is 4.79 Å². The molecule has 1 aromatic rings. The lowest BCUT2D eigenvalue weighted by Gasteiger charge is -2.35. The van der Waals surface area contributed by atoms with Crippen LogP contribution >= 0.6 is 0 Å². The van der Waals surface area contributed by atoms with Gasteiger partial charge >= 0.3 is 0 Å². The van der Waals surface area contributed by atoms with Gasteiger partial charge in [0.1, 0.15) is 5.75 Å². The molecule has 1 aromatic carbocycles. The lowest BCUT2D eigenvalue weighted by Crippen LogP contribution is -2.43. The molecule has 0 bridgehead atoms. The third-order valence-corrected chi connectivity index (χ3v) is 5.15. The molecule has 4 nitrogen and oxygen atoms in total. The summed E-state index contributed by atoms with van der Waals surface area (Å²) in [5, 5.41) is 3.60. The van der Waals surface area contributed by atoms with Gasteiger partial charge in [0.15, 0.2) is 0 Å². The summed E-state index contributed by atoms with van der Waals surface area (Å²) in [6.45, 7) is 4.90. The molecular formula is C18H26N2O2. The molecule has 120 valence electrons. The first-order valence-corrected chi connectivity index (χ1v) is 8.36. The Balaban J connectivity index is 1.62. The van der Waals surface area contributed by atoms with Gasteiger partial charge in [0.25, 0.3) is 5.91 Å². The first-order valence-electron chi connectivity index (χ1n) is 8.36. The highest BCUT2D eigenvalue weighted by atomic mass is 16.5. The highest BCUT2D eigenvalue weighted by molar-refractivity contribution is 5.94. The molecule has 0 aromatic heterocycles. The fourth-order valence-electron chi connectivity index (χ4n) is 3.75. The van der Waals surface area contributed by atoms with E-state index in [4.69, 9.17) is 4.74 Å². The van der Waals surface area contributed by atoms with Gasteiger partial charge in [-0.15, -0.1) is 0 Å². The Morgan fingerprint density at radius 3 is 2.68 bits per heavy atom. The number of carbonyl (C=O) groups excluding carboxylic acids is 1. The van der Waals surface area contributed by atoms with Crippen LogP contribution in [0.2, 0.25) is 0 Å². The molecule has 1 N–H and O–H groups in total. The molecule has 2 heterocycles. The van der Waals surface area contributed by atoms with Gasteiger partial charge < -0.3 is 15.0 Å². The van der Waals surface area contributed by atoms with Crippen LogP contribution < -0.4 is 10.1 Å².